The Bertz CT molecular complexity index is 450. The van der Waals surface area contributed by atoms with Gasteiger partial charge in [-0.15, -0.1) is 0 Å². The van der Waals surface area contributed by atoms with Gasteiger partial charge in [0.05, 0.1) is 4.92 Å². The summed E-state index contributed by atoms with van der Waals surface area (Å²) in [4.78, 5) is 10.6. The Hall–Kier alpha value is -1.58. The molecule has 84 valence electrons. The normalized spacial score (nSPS) is 20.8. The fraction of sp³-hybridized carbons (Fsp3) is 0.500. The van der Waals surface area contributed by atoms with E-state index in [9.17, 15) is 10.1 Å². The largest absolute Gasteiger partial charge is 0.378 e. The molecular formula is C12H14N2O2. The van der Waals surface area contributed by atoms with Crippen molar-refractivity contribution < 1.29 is 4.92 Å². The molecule has 0 atom stereocenters. The first-order chi connectivity index (χ1) is 7.73. The van der Waals surface area contributed by atoms with Crippen molar-refractivity contribution in [1.29, 1.82) is 0 Å². The van der Waals surface area contributed by atoms with E-state index < -0.39 is 0 Å². The molecule has 0 unspecified atom stereocenters. The molecule has 1 heterocycles. The Morgan fingerprint density at radius 2 is 2.06 bits per heavy atom. The SMILES string of the molecule is O=[N+]([O-])c1cccc2c1NCC21CCCC1. The maximum absolute atomic E-state index is 10.9. The predicted octanol–water partition coefficient (Wildman–Crippen LogP) is 2.83. The lowest BCUT2D eigenvalue weighted by Crippen LogP contribution is -2.23. The topological polar surface area (TPSA) is 55.2 Å². The average Bonchev–Trinajstić information content (AvgIpc) is 2.88. The number of nitro groups is 1. The Morgan fingerprint density at radius 1 is 1.31 bits per heavy atom. The molecule has 0 amide bonds. The Balaban J connectivity index is 2.13. The summed E-state index contributed by atoms with van der Waals surface area (Å²) < 4.78 is 0. The van der Waals surface area contributed by atoms with E-state index >= 15 is 0 Å². The molecule has 16 heavy (non-hydrogen) atoms. The van der Waals surface area contributed by atoms with E-state index in [0.717, 1.165) is 25.1 Å². The first-order valence-corrected chi connectivity index (χ1v) is 5.75. The van der Waals surface area contributed by atoms with Gasteiger partial charge in [-0.1, -0.05) is 25.0 Å². The smallest absolute Gasteiger partial charge is 0.292 e. The number of para-hydroxylation sites is 1. The third kappa shape index (κ3) is 1.16. The molecule has 2 aliphatic rings. The van der Waals surface area contributed by atoms with Crippen molar-refractivity contribution in [2.75, 3.05) is 11.9 Å². The van der Waals surface area contributed by atoms with Crippen molar-refractivity contribution in [1.82, 2.24) is 0 Å². The van der Waals surface area contributed by atoms with Gasteiger partial charge in [-0.25, -0.2) is 0 Å². The number of hydrogen-bond acceptors (Lipinski definition) is 3. The molecule has 4 heteroatoms. The van der Waals surface area contributed by atoms with Crippen LogP contribution in [0.1, 0.15) is 31.2 Å². The van der Waals surface area contributed by atoms with Gasteiger partial charge >= 0.3 is 0 Å². The number of benzene rings is 1. The number of nitro benzene ring substituents is 1. The molecule has 3 rings (SSSR count). The number of nitrogens with zero attached hydrogens (tertiary/aromatic N) is 1. The van der Waals surface area contributed by atoms with Crippen LogP contribution in [0.3, 0.4) is 0 Å². The summed E-state index contributed by atoms with van der Waals surface area (Å²) in [6.07, 6.45) is 4.80. The molecule has 1 aromatic rings. The van der Waals surface area contributed by atoms with Crippen molar-refractivity contribution in [3.05, 3.63) is 33.9 Å². The summed E-state index contributed by atoms with van der Waals surface area (Å²) in [5, 5.41) is 14.2. The van der Waals surface area contributed by atoms with E-state index in [1.165, 1.54) is 18.4 Å². The van der Waals surface area contributed by atoms with Crippen LogP contribution in [-0.2, 0) is 5.41 Å². The van der Waals surface area contributed by atoms with Gasteiger partial charge < -0.3 is 5.32 Å². The molecule has 1 N–H and O–H groups in total. The second-order valence-electron chi connectivity index (χ2n) is 4.80. The van der Waals surface area contributed by atoms with Crippen LogP contribution in [0.15, 0.2) is 18.2 Å². The number of fused-ring (bicyclic) bond motifs is 2. The summed E-state index contributed by atoms with van der Waals surface area (Å²) in [6.45, 7) is 0.868. The maximum Gasteiger partial charge on any atom is 0.292 e. The van der Waals surface area contributed by atoms with Crippen molar-refractivity contribution in [3.8, 4) is 0 Å². The number of hydrogen-bond donors (Lipinski definition) is 1. The fourth-order valence-corrected chi connectivity index (χ4v) is 3.17. The summed E-state index contributed by atoms with van der Waals surface area (Å²) in [7, 11) is 0. The van der Waals surface area contributed by atoms with Crippen molar-refractivity contribution in [2.24, 2.45) is 0 Å². The van der Waals surface area contributed by atoms with Crippen LogP contribution in [0.2, 0.25) is 0 Å². The van der Waals surface area contributed by atoms with Crippen molar-refractivity contribution in [3.63, 3.8) is 0 Å². The van der Waals surface area contributed by atoms with E-state index in [-0.39, 0.29) is 16.0 Å². The van der Waals surface area contributed by atoms with Crippen LogP contribution in [0, 0.1) is 10.1 Å². The second kappa shape index (κ2) is 3.20. The van der Waals surface area contributed by atoms with Gasteiger partial charge in [-0.2, -0.15) is 0 Å². The molecule has 1 aromatic carbocycles. The summed E-state index contributed by atoms with van der Waals surface area (Å²) in [5.41, 5.74) is 2.33. The lowest BCUT2D eigenvalue weighted by molar-refractivity contribution is -0.383. The van der Waals surface area contributed by atoms with Gasteiger partial charge in [-0.3, -0.25) is 10.1 Å². The van der Waals surface area contributed by atoms with Crippen LogP contribution < -0.4 is 5.32 Å². The summed E-state index contributed by atoms with van der Waals surface area (Å²) >= 11 is 0. The van der Waals surface area contributed by atoms with Gasteiger partial charge in [0, 0.05) is 18.0 Å². The molecule has 1 aliphatic heterocycles. The van der Waals surface area contributed by atoms with Crippen LogP contribution >= 0.6 is 0 Å². The maximum atomic E-state index is 10.9. The third-order valence-corrected chi connectivity index (χ3v) is 3.97. The lowest BCUT2D eigenvalue weighted by atomic mass is 9.81. The fourth-order valence-electron chi connectivity index (χ4n) is 3.17. The summed E-state index contributed by atoms with van der Waals surface area (Å²) in [6, 6.07) is 5.44. The first-order valence-electron chi connectivity index (χ1n) is 5.75. The van der Waals surface area contributed by atoms with Gasteiger partial charge in [0.25, 0.3) is 5.69 Å². The molecule has 4 nitrogen and oxygen atoms in total. The molecule has 1 spiro atoms. The standard InChI is InChI=1S/C12H14N2O2/c15-14(16)10-5-3-4-9-11(10)13-8-12(9)6-1-2-7-12/h3-5,13H,1-2,6-8H2. The van der Waals surface area contributed by atoms with Crippen molar-refractivity contribution >= 4 is 11.4 Å². The molecule has 1 saturated carbocycles. The summed E-state index contributed by atoms with van der Waals surface area (Å²) in [5.74, 6) is 0. The molecular weight excluding hydrogens is 204 g/mol. The number of anilines is 1. The zero-order chi connectivity index (χ0) is 11.2. The van der Waals surface area contributed by atoms with E-state index in [0.29, 0.717) is 0 Å². The van der Waals surface area contributed by atoms with Crippen LogP contribution in [0.4, 0.5) is 11.4 Å². The molecule has 0 saturated heterocycles. The van der Waals surface area contributed by atoms with Gasteiger partial charge in [0.2, 0.25) is 0 Å². The lowest BCUT2D eigenvalue weighted by Gasteiger charge is -2.22. The Kier molecular flexibility index (Phi) is 1.93. The minimum absolute atomic E-state index is 0.182. The first kappa shape index (κ1) is 9.63. The molecule has 0 bridgehead atoms. The van der Waals surface area contributed by atoms with E-state index in [2.05, 4.69) is 5.32 Å². The monoisotopic (exact) mass is 218 g/mol. The van der Waals surface area contributed by atoms with Crippen LogP contribution in [-0.4, -0.2) is 11.5 Å². The van der Waals surface area contributed by atoms with E-state index in [4.69, 9.17) is 0 Å². The highest BCUT2D eigenvalue weighted by atomic mass is 16.6. The Morgan fingerprint density at radius 3 is 2.75 bits per heavy atom. The Labute approximate surface area is 93.8 Å². The highest BCUT2D eigenvalue weighted by Gasteiger charge is 2.43. The van der Waals surface area contributed by atoms with E-state index in [1.807, 2.05) is 12.1 Å². The van der Waals surface area contributed by atoms with Crippen LogP contribution in [0.5, 0.6) is 0 Å². The average molecular weight is 218 g/mol. The highest BCUT2D eigenvalue weighted by molar-refractivity contribution is 5.72. The number of nitrogens with one attached hydrogen (secondary N) is 1. The van der Waals surface area contributed by atoms with Crippen molar-refractivity contribution in [2.45, 2.75) is 31.1 Å². The predicted molar refractivity (Wildman–Crippen MR) is 61.7 cm³/mol. The molecule has 1 aliphatic carbocycles. The second-order valence-corrected chi connectivity index (χ2v) is 4.80. The van der Waals surface area contributed by atoms with Gasteiger partial charge in [0.1, 0.15) is 5.69 Å². The number of rotatable bonds is 1. The molecule has 1 fully saturated rings. The quantitative estimate of drug-likeness (QED) is 0.582. The van der Waals surface area contributed by atoms with Gasteiger partial charge in [-0.05, 0) is 18.4 Å². The van der Waals surface area contributed by atoms with Crippen LogP contribution in [0.25, 0.3) is 0 Å². The zero-order valence-corrected chi connectivity index (χ0v) is 9.03. The van der Waals surface area contributed by atoms with Gasteiger partial charge in [0.15, 0.2) is 0 Å². The van der Waals surface area contributed by atoms with E-state index in [1.54, 1.807) is 6.07 Å². The third-order valence-electron chi connectivity index (χ3n) is 3.97. The zero-order valence-electron chi connectivity index (χ0n) is 9.03. The molecule has 0 aromatic heterocycles. The minimum Gasteiger partial charge on any atom is -0.378 e. The molecule has 0 radical (unpaired) electrons. The highest BCUT2D eigenvalue weighted by Crippen LogP contribution is 2.50. The minimum atomic E-state index is -0.292.